The molecule has 0 saturated carbocycles. The number of aromatic amines is 1. The summed E-state index contributed by atoms with van der Waals surface area (Å²) in [6.45, 7) is 3.98. The number of fused-ring (bicyclic) bond motifs is 1. The molecule has 33 heavy (non-hydrogen) atoms. The van der Waals surface area contributed by atoms with Crippen LogP contribution in [-0.4, -0.2) is 29.1 Å². The normalized spacial score (nSPS) is 10.8. The first-order chi connectivity index (χ1) is 16.0. The lowest BCUT2D eigenvalue weighted by atomic mass is 10.1. The summed E-state index contributed by atoms with van der Waals surface area (Å²) >= 11 is 3.53. The molecule has 0 spiro atoms. The summed E-state index contributed by atoms with van der Waals surface area (Å²) in [6.07, 6.45) is 0. The maximum atomic E-state index is 12.5. The van der Waals surface area contributed by atoms with Crippen LogP contribution in [0.1, 0.15) is 12.5 Å². The number of anilines is 1. The Hall–Kier alpha value is -3.65. The van der Waals surface area contributed by atoms with E-state index in [-0.39, 0.29) is 18.1 Å². The molecule has 0 fully saturated rings. The third kappa shape index (κ3) is 5.06. The van der Waals surface area contributed by atoms with Gasteiger partial charge in [0.1, 0.15) is 5.82 Å². The van der Waals surface area contributed by atoms with Crippen LogP contribution in [0.5, 0.6) is 11.5 Å². The smallest absolute Gasteiger partial charge is 0.262 e. The minimum absolute atomic E-state index is 0.189. The van der Waals surface area contributed by atoms with Crippen LogP contribution in [-0.2, 0) is 4.79 Å². The van der Waals surface area contributed by atoms with E-state index in [9.17, 15) is 9.59 Å². The highest BCUT2D eigenvalue weighted by atomic mass is 79.9. The molecule has 0 unspecified atom stereocenters. The van der Waals surface area contributed by atoms with Gasteiger partial charge < -0.3 is 19.8 Å². The standard InChI is InChI=1S/C25H22BrN3O4/c1-3-32-21-12-17(24-28-20-11-7-5-9-16(20)25(31)29-24)18(26)13-22(21)33-14-23(30)27-19-10-6-4-8-15(19)2/h4-13H,3,14H2,1-2H3,(H,27,30)(H,28,29,31). The molecule has 1 amide bonds. The van der Waals surface area contributed by atoms with E-state index in [0.717, 1.165) is 11.3 Å². The minimum Gasteiger partial charge on any atom is -0.490 e. The Kier molecular flexibility index (Phi) is 6.74. The predicted octanol–water partition coefficient (Wildman–Crippen LogP) is 5.08. The van der Waals surface area contributed by atoms with E-state index in [1.807, 2.05) is 44.2 Å². The van der Waals surface area contributed by atoms with E-state index in [1.165, 1.54) is 0 Å². The fourth-order valence-corrected chi connectivity index (χ4v) is 3.86. The van der Waals surface area contributed by atoms with E-state index < -0.39 is 0 Å². The molecule has 1 heterocycles. The first kappa shape index (κ1) is 22.5. The SMILES string of the molecule is CCOc1cc(-c2nc3ccccc3c(=O)[nH]2)c(Br)cc1OCC(=O)Nc1ccccc1C. The molecule has 0 saturated heterocycles. The molecule has 8 heteroatoms. The minimum atomic E-state index is -0.285. The molecule has 3 aromatic carbocycles. The Balaban J connectivity index is 1.60. The van der Waals surface area contributed by atoms with Crippen molar-refractivity contribution in [3.8, 4) is 22.9 Å². The highest BCUT2D eigenvalue weighted by Crippen LogP contribution is 2.38. The lowest BCUT2D eigenvalue weighted by molar-refractivity contribution is -0.118. The summed E-state index contributed by atoms with van der Waals surface area (Å²) in [5, 5.41) is 3.36. The zero-order valence-corrected chi connectivity index (χ0v) is 19.7. The van der Waals surface area contributed by atoms with Crippen molar-refractivity contribution in [1.82, 2.24) is 9.97 Å². The van der Waals surface area contributed by atoms with Gasteiger partial charge >= 0.3 is 0 Å². The van der Waals surface area contributed by atoms with Crippen molar-refractivity contribution in [2.24, 2.45) is 0 Å². The molecule has 7 nitrogen and oxygen atoms in total. The van der Waals surface area contributed by atoms with Gasteiger partial charge in [-0.25, -0.2) is 4.98 Å². The monoisotopic (exact) mass is 507 g/mol. The van der Waals surface area contributed by atoms with E-state index in [1.54, 1.807) is 30.3 Å². The lowest BCUT2D eigenvalue weighted by Gasteiger charge is -2.15. The summed E-state index contributed by atoms with van der Waals surface area (Å²) in [5.74, 6) is 0.952. The van der Waals surface area contributed by atoms with E-state index >= 15 is 0 Å². The third-order valence-electron chi connectivity index (χ3n) is 4.98. The largest absolute Gasteiger partial charge is 0.490 e. The van der Waals surface area contributed by atoms with Crippen LogP contribution < -0.4 is 20.3 Å². The second kappa shape index (κ2) is 9.87. The topological polar surface area (TPSA) is 93.3 Å². The van der Waals surface area contributed by atoms with Gasteiger partial charge in [-0.05, 0) is 65.7 Å². The summed E-state index contributed by atoms with van der Waals surface area (Å²) in [5.41, 5.74) is 2.70. The van der Waals surface area contributed by atoms with Gasteiger partial charge in [0.2, 0.25) is 0 Å². The first-order valence-electron chi connectivity index (χ1n) is 10.4. The van der Waals surface area contributed by atoms with Crippen molar-refractivity contribution in [2.75, 3.05) is 18.5 Å². The predicted molar refractivity (Wildman–Crippen MR) is 132 cm³/mol. The highest BCUT2D eigenvalue weighted by Gasteiger charge is 2.16. The van der Waals surface area contributed by atoms with Crippen molar-refractivity contribution in [3.63, 3.8) is 0 Å². The van der Waals surface area contributed by atoms with Crippen LogP contribution in [0.4, 0.5) is 5.69 Å². The number of carbonyl (C=O) groups is 1. The van der Waals surface area contributed by atoms with E-state index in [0.29, 0.717) is 44.9 Å². The Labute approximate surface area is 198 Å². The van der Waals surface area contributed by atoms with Crippen LogP contribution in [0.2, 0.25) is 0 Å². The number of benzene rings is 3. The van der Waals surface area contributed by atoms with Gasteiger partial charge in [0, 0.05) is 15.7 Å². The number of nitrogens with one attached hydrogen (secondary N) is 2. The molecule has 0 aliphatic carbocycles. The average molecular weight is 508 g/mol. The number of hydrogen-bond donors (Lipinski definition) is 2. The molecule has 0 atom stereocenters. The zero-order chi connectivity index (χ0) is 23.4. The molecule has 0 radical (unpaired) electrons. The number of carbonyl (C=O) groups excluding carboxylic acids is 1. The van der Waals surface area contributed by atoms with E-state index in [4.69, 9.17) is 9.47 Å². The van der Waals surface area contributed by atoms with Crippen LogP contribution in [0, 0.1) is 6.92 Å². The second-order valence-corrected chi connectivity index (χ2v) is 8.15. The average Bonchev–Trinajstić information content (AvgIpc) is 2.80. The quantitative estimate of drug-likeness (QED) is 0.363. The fourth-order valence-electron chi connectivity index (χ4n) is 3.35. The van der Waals surface area contributed by atoms with Gasteiger partial charge in [0.05, 0.1) is 17.5 Å². The molecular formula is C25H22BrN3O4. The third-order valence-corrected chi connectivity index (χ3v) is 5.64. The zero-order valence-electron chi connectivity index (χ0n) is 18.1. The van der Waals surface area contributed by atoms with Gasteiger partial charge in [-0.15, -0.1) is 0 Å². The molecule has 2 N–H and O–H groups in total. The number of halogens is 1. The van der Waals surface area contributed by atoms with Gasteiger partial charge in [-0.3, -0.25) is 9.59 Å². The Bertz CT molecular complexity index is 1380. The molecule has 1 aromatic heterocycles. The number of nitrogens with zero attached hydrogens (tertiary/aromatic N) is 1. The van der Waals surface area contributed by atoms with Gasteiger partial charge in [0.25, 0.3) is 11.5 Å². The van der Waals surface area contributed by atoms with Crippen LogP contribution >= 0.6 is 15.9 Å². The number of hydrogen-bond acceptors (Lipinski definition) is 5. The van der Waals surface area contributed by atoms with Crippen LogP contribution in [0.15, 0.2) is 69.9 Å². The highest BCUT2D eigenvalue weighted by molar-refractivity contribution is 9.10. The van der Waals surface area contributed by atoms with Gasteiger partial charge in [0.15, 0.2) is 18.1 Å². The molecule has 0 aliphatic heterocycles. The Morgan fingerprint density at radius 1 is 1.06 bits per heavy atom. The number of rotatable bonds is 7. The van der Waals surface area contributed by atoms with Crippen LogP contribution in [0.25, 0.3) is 22.3 Å². The molecule has 168 valence electrons. The maximum absolute atomic E-state index is 12.5. The number of aryl methyl sites for hydroxylation is 1. The Morgan fingerprint density at radius 3 is 2.58 bits per heavy atom. The second-order valence-electron chi connectivity index (χ2n) is 7.30. The van der Waals surface area contributed by atoms with Crippen molar-refractivity contribution in [3.05, 3.63) is 81.1 Å². The lowest BCUT2D eigenvalue weighted by Crippen LogP contribution is -2.21. The summed E-state index contributed by atoms with van der Waals surface area (Å²) < 4.78 is 12.2. The summed E-state index contributed by atoms with van der Waals surface area (Å²) in [7, 11) is 0. The van der Waals surface area contributed by atoms with Crippen molar-refractivity contribution in [2.45, 2.75) is 13.8 Å². The molecular weight excluding hydrogens is 486 g/mol. The molecule has 0 bridgehead atoms. The summed E-state index contributed by atoms with van der Waals surface area (Å²) in [6, 6.07) is 18.1. The number of H-pyrrole nitrogens is 1. The molecule has 4 rings (SSSR count). The van der Waals surface area contributed by atoms with Crippen molar-refractivity contribution in [1.29, 1.82) is 0 Å². The van der Waals surface area contributed by atoms with E-state index in [2.05, 4.69) is 31.2 Å². The number of para-hydroxylation sites is 2. The summed E-state index contributed by atoms with van der Waals surface area (Å²) in [4.78, 5) is 32.3. The number of ether oxygens (including phenoxy) is 2. The van der Waals surface area contributed by atoms with Crippen molar-refractivity contribution >= 4 is 38.4 Å². The first-order valence-corrected chi connectivity index (χ1v) is 11.2. The van der Waals surface area contributed by atoms with Crippen LogP contribution in [0.3, 0.4) is 0 Å². The molecule has 4 aromatic rings. The Morgan fingerprint density at radius 2 is 1.79 bits per heavy atom. The van der Waals surface area contributed by atoms with Gasteiger partial charge in [-0.2, -0.15) is 0 Å². The maximum Gasteiger partial charge on any atom is 0.262 e. The fraction of sp³-hybridized carbons (Fsp3) is 0.160. The number of amides is 1. The number of aromatic nitrogens is 2. The van der Waals surface area contributed by atoms with Crippen molar-refractivity contribution < 1.29 is 14.3 Å². The molecule has 0 aliphatic rings. The van der Waals surface area contributed by atoms with Gasteiger partial charge in [-0.1, -0.05) is 30.3 Å².